The topological polar surface area (TPSA) is 34.1 Å². The van der Waals surface area contributed by atoms with E-state index < -0.39 is 14.3 Å². The third-order valence-electron chi connectivity index (χ3n) is 7.49. The summed E-state index contributed by atoms with van der Waals surface area (Å²) in [4.78, 5) is 0. The van der Waals surface area contributed by atoms with E-state index in [4.69, 9.17) is 0 Å². The Morgan fingerprint density at radius 1 is 0.264 bits per heavy atom. The molecule has 53 heavy (non-hydrogen) atoms. The molecule has 0 saturated heterocycles. The zero-order chi connectivity index (χ0) is 40.1. The van der Waals surface area contributed by atoms with Gasteiger partial charge in [-0.1, -0.05) is 253 Å². The normalized spacial score (nSPS) is 9.74. The Bertz CT molecular complexity index is 1590. The second kappa shape index (κ2) is 28.3. The fourth-order valence-corrected chi connectivity index (χ4v) is 10.6. The fraction of sp³-hybridized carbons (Fsp3) is 0.265. The van der Waals surface area contributed by atoms with Gasteiger partial charge in [0, 0.05) is 31.8 Å². The van der Waals surface area contributed by atoms with Crippen LogP contribution in [0.2, 0.25) is 0 Å². The highest BCUT2D eigenvalue weighted by molar-refractivity contribution is 7.85. The van der Waals surface area contributed by atoms with Crippen molar-refractivity contribution in [3.05, 3.63) is 181 Å². The van der Waals surface area contributed by atoms with Crippen molar-refractivity contribution in [1.82, 2.24) is 0 Å². The first-order valence-corrected chi connectivity index (χ1v) is 23.1. The van der Waals surface area contributed by atoms with Gasteiger partial charge in [0.05, 0.1) is 0 Å². The van der Waals surface area contributed by atoms with E-state index in [1.165, 1.54) is 0 Å². The molecule has 0 bridgehead atoms. The smallest absolute Gasteiger partial charge is 0.171 e. The lowest BCUT2D eigenvalue weighted by atomic mass is 10.1. The van der Waals surface area contributed by atoms with E-state index in [0.717, 1.165) is 49.4 Å². The minimum Gasteiger partial charge on any atom is -0.309 e. The monoisotopic (exact) mass is 748 g/mol. The van der Waals surface area contributed by atoms with Crippen LogP contribution in [0.5, 0.6) is 0 Å². The molecular formula is C49H66O2P2. The molecule has 2 nitrogen and oxygen atoms in total. The van der Waals surface area contributed by atoms with Crippen LogP contribution in [0, 0.1) is 0 Å². The summed E-state index contributed by atoms with van der Waals surface area (Å²) in [5.74, 6) is 0. The Kier molecular flexibility index (Phi) is 26.1. The standard InChI is InChI=1S/C37H30O2P2.6C2H6/c38-40(32-13-5-1-6-14-32,33-15-7-2-8-16-33)36-25-21-30(22-26-36)29-31-23-27-37(28-24-31)41(39,34-17-9-3-10-18-34)35-19-11-4-12-20-35;6*1-2/h1-28H,29H2;6*1-2H3. The van der Waals surface area contributed by atoms with Gasteiger partial charge in [-0.15, -0.1) is 0 Å². The van der Waals surface area contributed by atoms with Gasteiger partial charge in [0.2, 0.25) is 0 Å². The van der Waals surface area contributed by atoms with E-state index >= 15 is 0 Å². The molecular weight excluding hydrogens is 682 g/mol. The largest absolute Gasteiger partial charge is 0.309 e. The predicted molar refractivity (Wildman–Crippen MR) is 243 cm³/mol. The highest BCUT2D eigenvalue weighted by atomic mass is 31.2. The summed E-state index contributed by atoms with van der Waals surface area (Å²) < 4.78 is 29.3. The first-order chi connectivity index (χ1) is 26.1. The van der Waals surface area contributed by atoms with Crippen molar-refractivity contribution in [2.75, 3.05) is 0 Å². The zero-order valence-corrected chi connectivity index (χ0v) is 36.4. The molecule has 0 amide bonds. The van der Waals surface area contributed by atoms with Crippen LogP contribution in [-0.2, 0) is 15.6 Å². The lowest BCUT2D eigenvalue weighted by molar-refractivity contribution is 0.591. The molecule has 0 aromatic heterocycles. The van der Waals surface area contributed by atoms with Gasteiger partial charge < -0.3 is 9.13 Å². The van der Waals surface area contributed by atoms with E-state index in [1.54, 1.807) is 0 Å². The van der Waals surface area contributed by atoms with Crippen molar-refractivity contribution in [2.45, 2.75) is 89.5 Å². The van der Waals surface area contributed by atoms with Crippen LogP contribution in [-0.4, -0.2) is 0 Å². The third kappa shape index (κ3) is 13.0. The summed E-state index contributed by atoms with van der Waals surface area (Å²) in [7, 11) is -5.99. The second-order valence-corrected chi connectivity index (χ2v) is 15.6. The summed E-state index contributed by atoms with van der Waals surface area (Å²) in [5, 5.41) is 4.96. The molecule has 0 radical (unpaired) electrons. The Morgan fingerprint density at radius 2 is 0.434 bits per heavy atom. The van der Waals surface area contributed by atoms with Crippen LogP contribution >= 0.6 is 14.3 Å². The molecule has 6 aromatic carbocycles. The minimum absolute atomic E-state index is 0.725. The second-order valence-electron chi connectivity index (χ2n) is 10.1. The molecule has 0 N–H and O–H groups in total. The van der Waals surface area contributed by atoms with Crippen molar-refractivity contribution in [3.8, 4) is 0 Å². The lowest BCUT2D eigenvalue weighted by Gasteiger charge is -2.20. The fourth-order valence-electron chi connectivity index (χ4n) is 5.33. The van der Waals surface area contributed by atoms with E-state index in [-0.39, 0.29) is 0 Å². The summed E-state index contributed by atoms with van der Waals surface area (Å²) >= 11 is 0. The van der Waals surface area contributed by atoms with Crippen LogP contribution in [0.25, 0.3) is 0 Å². The highest BCUT2D eigenvalue weighted by Crippen LogP contribution is 2.43. The van der Waals surface area contributed by atoms with Gasteiger partial charge in [-0.3, -0.25) is 0 Å². The SMILES string of the molecule is CC.CC.CC.CC.CC.CC.O=P(c1ccccc1)(c1ccccc1)c1ccc(Cc2ccc(P(=O)(c3ccccc3)c3ccccc3)cc2)cc1. The van der Waals surface area contributed by atoms with E-state index in [0.29, 0.717) is 0 Å². The van der Waals surface area contributed by atoms with Crippen LogP contribution in [0.4, 0.5) is 0 Å². The lowest BCUT2D eigenvalue weighted by Crippen LogP contribution is -2.25. The molecule has 6 aromatic rings. The number of rotatable bonds is 8. The highest BCUT2D eigenvalue weighted by Gasteiger charge is 2.30. The maximum Gasteiger partial charge on any atom is 0.171 e. The summed E-state index contributed by atoms with van der Waals surface area (Å²) in [6.45, 7) is 24.0. The number of hydrogen-bond donors (Lipinski definition) is 0. The Morgan fingerprint density at radius 3 is 0.623 bits per heavy atom. The molecule has 0 heterocycles. The maximum atomic E-state index is 14.6. The number of hydrogen-bond acceptors (Lipinski definition) is 2. The Balaban J connectivity index is 0.00000205. The summed E-state index contributed by atoms with van der Waals surface area (Å²) in [6, 6.07) is 55.2. The van der Waals surface area contributed by atoms with E-state index in [2.05, 4.69) is 24.3 Å². The Labute approximate surface area is 324 Å². The van der Waals surface area contributed by atoms with Gasteiger partial charge in [0.1, 0.15) is 0 Å². The zero-order valence-electron chi connectivity index (χ0n) is 34.6. The van der Waals surface area contributed by atoms with Crippen molar-refractivity contribution in [1.29, 1.82) is 0 Å². The van der Waals surface area contributed by atoms with Gasteiger partial charge in [0.15, 0.2) is 14.3 Å². The van der Waals surface area contributed by atoms with Crippen molar-refractivity contribution in [2.24, 2.45) is 0 Å². The molecule has 0 saturated carbocycles. The molecule has 0 aliphatic heterocycles. The van der Waals surface area contributed by atoms with Crippen molar-refractivity contribution < 1.29 is 9.13 Å². The molecule has 0 fully saturated rings. The summed E-state index contributed by atoms with van der Waals surface area (Å²) in [6.07, 6.45) is 0.725. The molecule has 0 aliphatic rings. The average Bonchev–Trinajstić information content (AvgIpc) is 3.29. The molecule has 4 heteroatoms. The van der Waals surface area contributed by atoms with Crippen molar-refractivity contribution in [3.63, 3.8) is 0 Å². The number of benzene rings is 6. The average molecular weight is 749 g/mol. The van der Waals surface area contributed by atoms with Gasteiger partial charge in [-0.2, -0.15) is 0 Å². The van der Waals surface area contributed by atoms with Crippen LogP contribution in [0.1, 0.15) is 94.2 Å². The first-order valence-electron chi connectivity index (χ1n) is 19.7. The maximum absolute atomic E-state index is 14.6. The first kappa shape index (κ1) is 48.8. The predicted octanol–water partition coefficient (Wildman–Crippen LogP) is 12.7. The molecule has 284 valence electrons. The quantitative estimate of drug-likeness (QED) is 0.145. The molecule has 0 aliphatic carbocycles. The summed E-state index contributed by atoms with van der Waals surface area (Å²) in [5.41, 5.74) is 2.26. The van der Waals surface area contributed by atoms with Crippen LogP contribution in [0.3, 0.4) is 0 Å². The van der Waals surface area contributed by atoms with E-state index in [9.17, 15) is 9.13 Å². The van der Waals surface area contributed by atoms with Crippen molar-refractivity contribution >= 4 is 46.1 Å². The molecule has 0 spiro atoms. The van der Waals surface area contributed by atoms with Gasteiger partial charge in [-0.05, 0) is 17.5 Å². The van der Waals surface area contributed by atoms with Crippen LogP contribution < -0.4 is 31.8 Å². The third-order valence-corrected chi connectivity index (χ3v) is 13.6. The minimum atomic E-state index is -2.99. The Hall–Kier alpha value is -4.22. The molecule has 0 unspecified atom stereocenters. The van der Waals surface area contributed by atoms with Gasteiger partial charge in [0.25, 0.3) is 0 Å². The van der Waals surface area contributed by atoms with Gasteiger partial charge >= 0.3 is 0 Å². The molecule has 0 atom stereocenters. The van der Waals surface area contributed by atoms with Gasteiger partial charge in [-0.25, -0.2) is 0 Å². The molecule has 6 rings (SSSR count). The van der Waals surface area contributed by atoms with Crippen LogP contribution in [0.15, 0.2) is 170 Å². The van der Waals surface area contributed by atoms with E-state index in [1.807, 2.05) is 229 Å².